The van der Waals surface area contributed by atoms with Crippen molar-refractivity contribution in [3.63, 3.8) is 0 Å². The molecule has 19 heavy (non-hydrogen) atoms. The predicted octanol–water partition coefficient (Wildman–Crippen LogP) is 2.29. The molecule has 0 aliphatic heterocycles. The van der Waals surface area contributed by atoms with E-state index in [1.165, 1.54) is 0 Å². The van der Waals surface area contributed by atoms with Crippen LogP contribution in [0.15, 0.2) is 18.3 Å². The molecule has 1 aromatic rings. The Balaban J connectivity index is 2.47. The first kappa shape index (κ1) is 15.8. The van der Waals surface area contributed by atoms with Crippen LogP contribution in [0.3, 0.4) is 0 Å². The van der Waals surface area contributed by atoms with Gasteiger partial charge in [0.05, 0.1) is 0 Å². The van der Waals surface area contributed by atoms with Crippen LogP contribution in [-0.2, 0) is 17.9 Å². The Hall–Kier alpha value is -1.29. The van der Waals surface area contributed by atoms with Gasteiger partial charge in [-0.1, -0.05) is 20.8 Å². The molecule has 2 N–H and O–H groups in total. The van der Waals surface area contributed by atoms with Gasteiger partial charge in [-0.15, -0.1) is 0 Å². The van der Waals surface area contributed by atoms with Gasteiger partial charge in [-0.25, -0.2) is 0 Å². The zero-order valence-corrected chi connectivity index (χ0v) is 12.4. The summed E-state index contributed by atoms with van der Waals surface area (Å²) in [4.78, 5) is 12.0. The molecule has 0 radical (unpaired) electrons. The molecule has 0 aromatic carbocycles. The monoisotopic (exact) mass is 265 g/mol. The maximum absolute atomic E-state index is 12.0. The van der Waals surface area contributed by atoms with Crippen molar-refractivity contribution < 1.29 is 4.79 Å². The van der Waals surface area contributed by atoms with Crippen LogP contribution in [0.5, 0.6) is 0 Å². The molecular formula is C15H27N3O. The smallest absolute Gasteiger partial charge is 0.240 e. The van der Waals surface area contributed by atoms with Gasteiger partial charge in [0, 0.05) is 24.5 Å². The molecule has 0 spiro atoms. The predicted molar refractivity (Wildman–Crippen MR) is 78.9 cm³/mol. The minimum absolute atomic E-state index is 0.0987. The molecule has 0 aliphatic rings. The molecule has 108 valence electrons. The summed E-state index contributed by atoms with van der Waals surface area (Å²) in [5.74, 6) is 0.0987. The number of nitrogens with zero attached hydrogens (tertiary/aromatic N) is 1. The summed E-state index contributed by atoms with van der Waals surface area (Å²) in [6, 6.07) is 4.35. The van der Waals surface area contributed by atoms with Gasteiger partial charge in [-0.05, 0) is 37.9 Å². The Morgan fingerprint density at radius 2 is 2.05 bits per heavy atom. The van der Waals surface area contributed by atoms with Crippen LogP contribution < -0.4 is 10.6 Å². The van der Waals surface area contributed by atoms with E-state index in [0.29, 0.717) is 12.6 Å². The molecule has 0 atom stereocenters. The maximum Gasteiger partial charge on any atom is 0.240 e. The zero-order valence-electron chi connectivity index (χ0n) is 12.4. The van der Waals surface area contributed by atoms with Crippen molar-refractivity contribution in [2.75, 3.05) is 6.54 Å². The van der Waals surface area contributed by atoms with Gasteiger partial charge < -0.3 is 15.2 Å². The van der Waals surface area contributed by atoms with E-state index in [0.717, 1.165) is 38.0 Å². The van der Waals surface area contributed by atoms with Crippen molar-refractivity contribution in [2.45, 2.75) is 59.2 Å². The highest BCUT2D eigenvalue weighted by atomic mass is 16.2. The maximum atomic E-state index is 12.0. The summed E-state index contributed by atoms with van der Waals surface area (Å²) in [5.41, 5.74) is 1.16. The van der Waals surface area contributed by atoms with Crippen LogP contribution in [0.25, 0.3) is 0 Å². The van der Waals surface area contributed by atoms with Gasteiger partial charge in [-0.3, -0.25) is 4.79 Å². The third-order valence-electron chi connectivity index (χ3n) is 3.32. The van der Waals surface area contributed by atoms with Gasteiger partial charge in [0.15, 0.2) is 0 Å². The van der Waals surface area contributed by atoms with Crippen LogP contribution in [0.4, 0.5) is 0 Å². The fourth-order valence-corrected chi connectivity index (χ4v) is 2.08. The Morgan fingerprint density at radius 1 is 1.32 bits per heavy atom. The van der Waals surface area contributed by atoms with Crippen molar-refractivity contribution in [1.29, 1.82) is 0 Å². The molecule has 0 unspecified atom stereocenters. The first-order valence-corrected chi connectivity index (χ1v) is 7.35. The SMILES string of the molecule is CCCNCc1cccn1CC(=O)NC(CC)CC. The van der Waals surface area contributed by atoms with Gasteiger partial charge in [-0.2, -0.15) is 0 Å². The van der Waals surface area contributed by atoms with E-state index < -0.39 is 0 Å². The van der Waals surface area contributed by atoms with E-state index in [2.05, 4.69) is 37.5 Å². The average Bonchev–Trinajstić information content (AvgIpc) is 2.83. The lowest BCUT2D eigenvalue weighted by atomic mass is 10.2. The van der Waals surface area contributed by atoms with Gasteiger partial charge in [0.2, 0.25) is 5.91 Å². The molecule has 1 rings (SSSR count). The summed E-state index contributed by atoms with van der Waals surface area (Å²) in [5, 5.41) is 6.43. The molecule has 1 aromatic heterocycles. The molecule has 0 fully saturated rings. The minimum Gasteiger partial charge on any atom is -0.352 e. The minimum atomic E-state index is 0.0987. The Kier molecular flexibility index (Phi) is 7.26. The first-order valence-electron chi connectivity index (χ1n) is 7.35. The Bertz CT molecular complexity index is 369. The van der Waals surface area contributed by atoms with Gasteiger partial charge in [0.25, 0.3) is 0 Å². The van der Waals surface area contributed by atoms with Crippen LogP contribution >= 0.6 is 0 Å². The van der Waals surface area contributed by atoms with Crippen LogP contribution in [0.2, 0.25) is 0 Å². The van der Waals surface area contributed by atoms with E-state index in [4.69, 9.17) is 0 Å². The normalized spacial score (nSPS) is 10.9. The number of carbonyl (C=O) groups is 1. The lowest BCUT2D eigenvalue weighted by molar-refractivity contribution is -0.122. The topological polar surface area (TPSA) is 46.1 Å². The molecule has 1 heterocycles. The van der Waals surface area contributed by atoms with E-state index in [1.54, 1.807) is 0 Å². The third-order valence-corrected chi connectivity index (χ3v) is 3.32. The molecule has 4 heteroatoms. The third kappa shape index (κ3) is 5.47. The molecule has 1 amide bonds. The summed E-state index contributed by atoms with van der Waals surface area (Å²) in [7, 11) is 0. The van der Waals surface area contributed by atoms with Crippen LogP contribution in [0, 0.1) is 0 Å². The highest BCUT2D eigenvalue weighted by molar-refractivity contribution is 5.76. The Morgan fingerprint density at radius 3 is 2.68 bits per heavy atom. The van der Waals surface area contributed by atoms with Crippen LogP contribution in [0.1, 0.15) is 45.7 Å². The molecule has 0 saturated carbocycles. The number of aromatic nitrogens is 1. The van der Waals surface area contributed by atoms with Crippen molar-refractivity contribution >= 4 is 5.91 Å². The van der Waals surface area contributed by atoms with E-state index in [1.807, 2.05) is 16.8 Å². The summed E-state index contributed by atoms with van der Waals surface area (Å²) in [6.07, 6.45) is 5.06. The zero-order chi connectivity index (χ0) is 14.1. The summed E-state index contributed by atoms with van der Waals surface area (Å²) < 4.78 is 2.01. The van der Waals surface area contributed by atoms with Crippen molar-refractivity contribution in [3.8, 4) is 0 Å². The molecule has 0 bridgehead atoms. The number of hydrogen-bond acceptors (Lipinski definition) is 2. The largest absolute Gasteiger partial charge is 0.352 e. The standard InChI is InChI=1S/C15H27N3O/c1-4-9-16-11-14-8-7-10-18(14)12-15(19)17-13(5-2)6-3/h7-8,10,13,16H,4-6,9,11-12H2,1-3H3,(H,17,19). The number of amides is 1. The lowest BCUT2D eigenvalue weighted by Crippen LogP contribution is -2.36. The molecule has 4 nitrogen and oxygen atoms in total. The second-order valence-electron chi connectivity index (χ2n) is 4.89. The number of hydrogen-bond donors (Lipinski definition) is 2. The number of carbonyl (C=O) groups excluding carboxylic acids is 1. The van der Waals surface area contributed by atoms with E-state index >= 15 is 0 Å². The molecule has 0 aliphatic carbocycles. The fourth-order valence-electron chi connectivity index (χ4n) is 2.08. The van der Waals surface area contributed by atoms with Crippen molar-refractivity contribution in [3.05, 3.63) is 24.0 Å². The fraction of sp³-hybridized carbons (Fsp3) is 0.667. The molecule has 0 saturated heterocycles. The Labute approximate surface area is 116 Å². The van der Waals surface area contributed by atoms with E-state index in [-0.39, 0.29) is 5.91 Å². The quantitative estimate of drug-likeness (QED) is 0.673. The highest BCUT2D eigenvalue weighted by Gasteiger charge is 2.10. The van der Waals surface area contributed by atoms with Crippen LogP contribution in [-0.4, -0.2) is 23.1 Å². The number of rotatable bonds is 9. The van der Waals surface area contributed by atoms with Crippen molar-refractivity contribution in [1.82, 2.24) is 15.2 Å². The molecular weight excluding hydrogens is 238 g/mol. The second-order valence-corrected chi connectivity index (χ2v) is 4.89. The van der Waals surface area contributed by atoms with Gasteiger partial charge in [0.1, 0.15) is 6.54 Å². The van der Waals surface area contributed by atoms with Gasteiger partial charge >= 0.3 is 0 Å². The van der Waals surface area contributed by atoms with Crippen molar-refractivity contribution in [2.24, 2.45) is 0 Å². The summed E-state index contributed by atoms with van der Waals surface area (Å²) >= 11 is 0. The average molecular weight is 265 g/mol. The van der Waals surface area contributed by atoms with E-state index in [9.17, 15) is 4.79 Å². The lowest BCUT2D eigenvalue weighted by Gasteiger charge is -2.16. The number of nitrogens with one attached hydrogen (secondary N) is 2. The second kappa shape index (κ2) is 8.75. The highest BCUT2D eigenvalue weighted by Crippen LogP contribution is 2.03. The first-order chi connectivity index (χ1) is 9.21. The summed E-state index contributed by atoms with van der Waals surface area (Å²) in [6.45, 7) is 8.58.